The smallest absolute Gasteiger partial charge is 0.109 e. The summed E-state index contributed by atoms with van der Waals surface area (Å²) in [7, 11) is -2.32. The van der Waals surface area contributed by atoms with Crippen molar-refractivity contribution >= 4 is 44.9 Å². The highest BCUT2D eigenvalue weighted by Crippen LogP contribution is 2.44. The molecule has 39 heavy (non-hydrogen) atoms. The molecule has 0 amide bonds. The van der Waals surface area contributed by atoms with Gasteiger partial charge in [-0.2, -0.15) is 0 Å². The Morgan fingerprint density at radius 3 is 1.79 bits per heavy atom. The van der Waals surface area contributed by atoms with Crippen LogP contribution < -0.4 is 5.30 Å². The molecule has 0 radical (unpaired) electrons. The molecule has 1 N–H and O–H groups in total. The number of H-pyrrole nitrogens is 1. The first-order chi connectivity index (χ1) is 19.0. The average Bonchev–Trinajstić information content (AvgIpc) is 3.40. The number of hydrogen-bond donors (Lipinski definition) is 1. The van der Waals surface area contributed by atoms with E-state index in [-0.39, 0.29) is 0 Å². The molecule has 0 aliphatic carbocycles. The minimum Gasteiger partial charge on any atom is -0.354 e. The van der Waals surface area contributed by atoms with Crippen LogP contribution in [-0.4, -0.2) is 18.3 Å². The van der Waals surface area contributed by atoms with Gasteiger partial charge in [0.15, 0.2) is 0 Å². The summed E-state index contributed by atoms with van der Waals surface area (Å²) in [6.45, 7) is 3.64. The van der Waals surface area contributed by atoms with Gasteiger partial charge in [0.2, 0.25) is 0 Å². The Balaban J connectivity index is 1.48. The lowest BCUT2D eigenvalue weighted by Crippen LogP contribution is -2.01. The molecule has 7 aromatic rings. The Kier molecular flexibility index (Phi) is 5.44. The number of hydrogen-bond acceptors (Lipinski definition) is 1. The van der Waals surface area contributed by atoms with Crippen molar-refractivity contribution < 1.29 is 4.57 Å². The fourth-order valence-corrected chi connectivity index (χ4v) is 6.55. The van der Waals surface area contributed by atoms with Crippen molar-refractivity contribution in [1.82, 2.24) is 4.98 Å². The molecular formula is C36H26NOP. The summed E-state index contributed by atoms with van der Waals surface area (Å²) < 4.78 is 12.7. The van der Waals surface area contributed by atoms with Gasteiger partial charge in [0.05, 0.1) is 10.9 Å². The quantitative estimate of drug-likeness (QED) is 0.182. The van der Waals surface area contributed by atoms with Crippen molar-refractivity contribution in [3.63, 3.8) is 0 Å². The molecule has 6 aromatic carbocycles. The highest BCUT2D eigenvalue weighted by molar-refractivity contribution is 7.70. The summed E-state index contributed by atoms with van der Waals surface area (Å²) in [6.07, 6.45) is 0. The van der Waals surface area contributed by atoms with Crippen molar-refractivity contribution in [2.45, 2.75) is 0 Å². The summed E-state index contributed by atoms with van der Waals surface area (Å²) in [5.74, 6) is 0. The van der Waals surface area contributed by atoms with E-state index in [0.717, 1.165) is 33.0 Å². The minimum absolute atomic E-state index is 0.903. The lowest BCUT2D eigenvalue weighted by Gasteiger charge is -2.18. The third-order valence-electron chi connectivity index (χ3n) is 7.56. The van der Waals surface area contributed by atoms with Gasteiger partial charge in [0, 0.05) is 11.0 Å². The molecule has 186 valence electrons. The summed E-state index contributed by atoms with van der Waals surface area (Å²) in [6, 6.07) is 46.7. The van der Waals surface area contributed by atoms with Gasteiger partial charge >= 0.3 is 0 Å². The van der Waals surface area contributed by atoms with Gasteiger partial charge in [-0.3, -0.25) is 0 Å². The van der Waals surface area contributed by atoms with E-state index in [1.807, 2.05) is 37.6 Å². The highest BCUT2D eigenvalue weighted by atomic mass is 31.2. The normalized spacial score (nSPS) is 11.7. The number of benzene rings is 5. The molecule has 3 heteroatoms. The van der Waals surface area contributed by atoms with Gasteiger partial charge in [0.1, 0.15) is 7.14 Å². The van der Waals surface area contributed by atoms with Crippen LogP contribution in [0.15, 0.2) is 115 Å². The first-order valence-electron chi connectivity index (χ1n) is 13.1. The van der Waals surface area contributed by atoms with Crippen LogP contribution >= 0.6 is 7.14 Å². The average molecular weight is 520 g/mol. The third kappa shape index (κ3) is 4.04. The maximum atomic E-state index is 12.7. The predicted molar refractivity (Wildman–Crippen MR) is 166 cm³/mol. The fourth-order valence-electron chi connectivity index (χ4n) is 5.69. The zero-order valence-corrected chi connectivity index (χ0v) is 22.7. The number of aromatic amines is 1. The summed E-state index contributed by atoms with van der Waals surface area (Å²) in [5, 5.41) is 6.77. The first-order valence-corrected chi connectivity index (χ1v) is 15.7. The van der Waals surface area contributed by atoms with Gasteiger partial charge < -0.3 is 9.55 Å². The molecular weight excluding hydrogens is 493 g/mol. The number of nitrogens with one attached hydrogen (secondary N) is 1. The van der Waals surface area contributed by atoms with Crippen LogP contribution in [0.1, 0.15) is 0 Å². The van der Waals surface area contributed by atoms with Crippen molar-refractivity contribution in [2.24, 2.45) is 0 Å². The summed E-state index contributed by atoms with van der Waals surface area (Å²) >= 11 is 0. The SMILES string of the molecule is CP(C)(=O)c1ccc(-c2c3ccccc3c(-c3cccc(-c4cc5c#cccc5[nH]4)c3)c3ccccc23)cc1. The second-order valence-corrected chi connectivity index (χ2v) is 13.7. The van der Waals surface area contributed by atoms with Crippen LogP contribution in [0.3, 0.4) is 0 Å². The zero-order chi connectivity index (χ0) is 26.6. The third-order valence-corrected chi connectivity index (χ3v) is 9.10. The summed E-state index contributed by atoms with van der Waals surface area (Å²) in [5.41, 5.74) is 8.00. The molecule has 0 unspecified atom stereocenters. The van der Waals surface area contributed by atoms with Crippen LogP contribution in [0.25, 0.3) is 66.0 Å². The van der Waals surface area contributed by atoms with E-state index in [9.17, 15) is 4.57 Å². The van der Waals surface area contributed by atoms with Crippen LogP contribution in [0.2, 0.25) is 0 Å². The fraction of sp³-hybridized carbons (Fsp3) is 0.0556. The van der Waals surface area contributed by atoms with E-state index in [2.05, 4.69) is 108 Å². The monoisotopic (exact) mass is 519 g/mol. The van der Waals surface area contributed by atoms with Crippen molar-refractivity contribution in [3.05, 3.63) is 127 Å². The number of fused-ring (bicyclic) bond motifs is 3. The van der Waals surface area contributed by atoms with Crippen molar-refractivity contribution in [3.8, 4) is 33.5 Å². The second-order valence-electron chi connectivity index (χ2n) is 10.4. The standard InChI is InChI=1S/C36H26NOP/c1-39(2,38)28-20-18-24(19-21-28)35-29-13-4-6-15-31(29)36(32-16-7-5-14-30(32)35)27-12-9-11-25(22-27)34-23-26-10-3-8-17-33(26)37-34/h4-9,11-23,37H,1-2H3. The predicted octanol–water partition coefficient (Wildman–Crippen LogP) is 9.32. The zero-order valence-electron chi connectivity index (χ0n) is 21.8. The topological polar surface area (TPSA) is 32.9 Å². The maximum Gasteiger partial charge on any atom is 0.109 e. The maximum absolute atomic E-state index is 12.7. The van der Waals surface area contributed by atoms with E-state index in [1.165, 1.54) is 38.2 Å². The number of rotatable bonds is 4. The molecule has 0 saturated carbocycles. The minimum atomic E-state index is -2.32. The summed E-state index contributed by atoms with van der Waals surface area (Å²) in [4.78, 5) is 3.54. The molecule has 7 rings (SSSR count). The molecule has 0 fully saturated rings. The highest BCUT2D eigenvalue weighted by Gasteiger charge is 2.18. The van der Waals surface area contributed by atoms with Gasteiger partial charge in [-0.25, -0.2) is 0 Å². The molecule has 0 aliphatic heterocycles. The molecule has 0 aliphatic rings. The van der Waals surface area contributed by atoms with E-state index in [1.54, 1.807) is 0 Å². The molecule has 1 heterocycles. The van der Waals surface area contributed by atoms with Gasteiger partial charge in [-0.15, -0.1) is 0 Å². The lowest BCUT2D eigenvalue weighted by atomic mass is 9.85. The Morgan fingerprint density at radius 1 is 0.615 bits per heavy atom. The van der Waals surface area contributed by atoms with E-state index in [0.29, 0.717) is 0 Å². The van der Waals surface area contributed by atoms with Crippen LogP contribution in [0, 0.1) is 12.1 Å². The molecule has 0 atom stereocenters. The van der Waals surface area contributed by atoms with Gasteiger partial charge in [-0.1, -0.05) is 103 Å². The molecule has 0 bridgehead atoms. The largest absolute Gasteiger partial charge is 0.354 e. The van der Waals surface area contributed by atoms with Crippen LogP contribution in [-0.2, 0) is 4.57 Å². The van der Waals surface area contributed by atoms with Crippen LogP contribution in [0.4, 0.5) is 0 Å². The molecule has 1 aromatic heterocycles. The molecule has 2 nitrogen and oxygen atoms in total. The Morgan fingerprint density at radius 2 is 1.21 bits per heavy atom. The van der Waals surface area contributed by atoms with Crippen LogP contribution in [0.5, 0.6) is 0 Å². The molecule has 0 saturated heterocycles. The first kappa shape index (κ1) is 23.5. The van der Waals surface area contributed by atoms with Gasteiger partial charge in [-0.05, 0) is 87.0 Å². The lowest BCUT2D eigenvalue weighted by molar-refractivity contribution is 0.588. The Bertz CT molecular complexity index is 1970. The Hall–Kier alpha value is -4.57. The van der Waals surface area contributed by atoms with E-state index >= 15 is 0 Å². The van der Waals surface area contributed by atoms with E-state index < -0.39 is 7.14 Å². The van der Waals surface area contributed by atoms with E-state index in [4.69, 9.17) is 0 Å². The Labute approximate surface area is 228 Å². The van der Waals surface area contributed by atoms with Crippen molar-refractivity contribution in [1.29, 1.82) is 0 Å². The van der Waals surface area contributed by atoms with Gasteiger partial charge in [0.25, 0.3) is 0 Å². The van der Waals surface area contributed by atoms with Crippen molar-refractivity contribution in [2.75, 3.05) is 13.3 Å². The second kappa shape index (κ2) is 9.02. The molecule has 0 spiro atoms. The number of aromatic nitrogens is 1.